The lowest BCUT2D eigenvalue weighted by molar-refractivity contribution is 0.102. The van der Waals surface area contributed by atoms with Gasteiger partial charge in [0.05, 0.1) is 0 Å². The van der Waals surface area contributed by atoms with Gasteiger partial charge in [-0.3, -0.25) is 4.79 Å². The number of benzene rings is 1. The van der Waals surface area contributed by atoms with Crippen molar-refractivity contribution in [2.75, 3.05) is 11.9 Å². The van der Waals surface area contributed by atoms with Gasteiger partial charge in [0.15, 0.2) is 0 Å². The highest BCUT2D eigenvalue weighted by atomic mass is 16.1. The second-order valence-corrected chi connectivity index (χ2v) is 4.98. The van der Waals surface area contributed by atoms with E-state index in [4.69, 9.17) is 0 Å². The molecule has 0 radical (unpaired) electrons. The third kappa shape index (κ3) is 3.89. The summed E-state index contributed by atoms with van der Waals surface area (Å²) < 4.78 is 0. The number of rotatable bonds is 5. The third-order valence-corrected chi connectivity index (χ3v) is 3.31. The van der Waals surface area contributed by atoms with Crippen LogP contribution in [0.5, 0.6) is 0 Å². The molecule has 0 aliphatic carbocycles. The fraction of sp³-hybridized carbons (Fsp3) is 0.294. The summed E-state index contributed by atoms with van der Waals surface area (Å²) in [7, 11) is 0. The van der Waals surface area contributed by atoms with Gasteiger partial charge in [0.25, 0.3) is 5.91 Å². The van der Waals surface area contributed by atoms with Gasteiger partial charge in [0, 0.05) is 17.4 Å². The fourth-order valence-corrected chi connectivity index (χ4v) is 2.26. The maximum Gasteiger partial charge on any atom is 0.274 e. The van der Waals surface area contributed by atoms with Gasteiger partial charge in [-0.25, -0.2) is 4.98 Å². The van der Waals surface area contributed by atoms with Crippen LogP contribution in [0.2, 0.25) is 0 Å². The van der Waals surface area contributed by atoms with Crippen LogP contribution in [0.4, 0.5) is 5.69 Å². The number of anilines is 1. The Hall–Kier alpha value is -2.20. The molecule has 110 valence electrons. The molecule has 1 aromatic carbocycles. The number of pyridine rings is 1. The molecule has 2 N–H and O–H groups in total. The second-order valence-electron chi connectivity index (χ2n) is 4.98. The molecule has 4 nitrogen and oxygen atoms in total. The Morgan fingerprint density at radius 2 is 1.95 bits per heavy atom. The van der Waals surface area contributed by atoms with Crippen molar-refractivity contribution in [2.45, 2.75) is 26.8 Å². The molecule has 0 spiro atoms. The lowest BCUT2D eigenvalue weighted by atomic mass is 10.1. The number of carbonyl (C=O) groups is 1. The first-order chi connectivity index (χ1) is 10.1. The smallest absolute Gasteiger partial charge is 0.274 e. The Morgan fingerprint density at radius 1 is 1.19 bits per heavy atom. The van der Waals surface area contributed by atoms with Crippen molar-refractivity contribution in [1.82, 2.24) is 10.3 Å². The van der Waals surface area contributed by atoms with Crippen molar-refractivity contribution in [1.29, 1.82) is 0 Å². The van der Waals surface area contributed by atoms with Crippen LogP contribution in [0, 0.1) is 6.92 Å². The van der Waals surface area contributed by atoms with Crippen LogP contribution in [0.15, 0.2) is 42.5 Å². The van der Waals surface area contributed by atoms with Crippen LogP contribution in [0.3, 0.4) is 0 Å². The van der Waals surface area contributed by atoms with E-state index in [9.17, 15) is 4.79 Å². The van der Waals surface area contributed by atoms with E-state index in [0.29, 0.717) is 5.69 Å². The van der Waals surface area contributed by atoms with Crippen LogP contribution >= 0.6 is 0 Å². The summed E-state index contributed by atoms with van der Waals surface area (Å²) in [6.07, 6.45) is 0. The first-order valence-electron chi connectivity index (χ1n) is 7.19. The van der Waals surface area contributed by atoms with Crippen LogP contribution in [0.25, 0.3) is 0 Å². The molecule has 0 aliphatic heterocycles. The SMILES string of the molecule is CCNC(C)c1ccccc1NC(=O)c1cccc(C)n1. The third-order valence-electron chi connectivity index (χ3n) is 3.31. The monoisotopic (exact) mass is 283 g/mol. The molecule has 1 heterocycles. The maximum absolute atomic E-state index is 12.3. The first kappa shape index (κ1) is 15.2. The van der Waals surface area contributed by atoms with Gasteiger partial charge >= 0.3 is 0 Å². The fourth-order valence-electron chi connectivity index (χ4n) is 2.26. The number of aromatic nitrogens is 1. The number of hydrogen-bond acceptors (Lipinski definition) is 3. The van der Waals surface area contributed by atoms with E-state index < -0.39 is 0 Å². The molecule has 4 heteroatoms. The van der Waals surface area contributed by atoms with E-state index in [1.165, 1.54) is 0 Å². The molecule has 0 saturated carbocycles. The summed E-state index contributed by atoms with van der Waals surface area (Å²) >= 11 is 0. The van der Waals surface area contributed by atoms with Gasteiger partial charge in [-0.1, -0.05) is 31.2 Å². The molecule has 2 aromatic rings. The van der Waals surface area contributed by atoms with Crippen LogP contribution in [0.1, 0.15) is 41.6 Å². The average molecular weight is 283 g/mol. The van der Waals surface area contributed by atoms with E-state index in [-0.39, 0.29) is 11.9 Å². The first-order valence-corrected chi connectivity index (χ1v) is 7.19. The van der Waals surface area contributed by atoms with Crippen molar-refractivity contribution < 1.29 is 4.79 Å². The Labute approximate surface area is 125 Å². The van der Waals surface area contributed by atoms with Crippen molar-refractivity contribution in [3.8, 4) is 0 Å². The predicted octanol–water partition coefficient (Wildman–Crippen LogP) is 3.31. The van der Waals surface area contributed by atoms with E-state index in [1.54, 1.807) is 6.07 Å². The normalized spacial score (nSPS) is 12.0. The summed E-state index contributed by atoms with van der Waals surface area (Å²) in [5.74, 6) is -0.185. The Balaban J connectivity index is 2.21. The van der Waals surface area contributed by atoms with Gasteiger partial charge in [-0.2, -0.15) is 0 Å². The second kappa shape index (κ2) is 6.99. The van der Waals surface area contributed by atoms with Crippen molar-refractivity contribution in [2.24, 2.45) is 0 Å². The van der Waals surface area contributed by atoms with E-state index in [2.05, 4.69) is 29.5 Å². The summed E-state index contributed by atoms with van der Waals surface area (Å²) in [4.78, 5) is 16.6. The van der Waals surface area contributed by atoms with Gasteiger partial charge in [-0.15, -0.1) is 0 Å². The largest absolute Gasteiger partial charge is 0.320 e. The summed E-state index contributed by atoms with van der Waals surface area (Å²) in [6.45, 7) is 6.90. The zero-order valence-corrected chi connectivity index (χ0v) is 12.7. The van der Waals surface area contributed by atoms with Crippen LogP contribution in [-0.2, 0) is 0 Å². The molecule has 0 fully saturated rings. The predicted molar refractivity (Wildman–Crippen MR) is 85.5 cm³/mol. The number of carbonyl (C=O) groups excluding carboxylic acids is 1. The molecule has 1 aromatic heterocycles. The topological polar surface area (TPSA) is 54.0 Å². The quantitative estimate of drug-likeness (QED) is 0.885. The number of nitrogens with one attached hydrogen (secondary N) is 2. The molecule has 1 atom stereocenters. The van der Waals surface area contributed by atoms with E-state index in [1.807, 2.05) is 43.3 Å². The van der Waals surface area contributed by atoms with E-state index in [0.717, 1.165) is 23.5 Å². The summed E-state index contributed by atoms with van der Waals surface area (Å²) in [6, 6.07) is 13.4. The molecule has 1 unspecified atom stereocenters. The minimum Gasteiger partial charge on any atom is -0.320 e. The Kier molecular flexibility index (Phi) is 5.06. The van der Waals surface area contributed by atoms with Crippen molar-refractivity contribution in [3.63, 3.8) is 0 Å². The van der Waals surface area contributed by atoms with Crippen LogP contribution in [-0.4, -0.2) is 17.4 Å². The van der Waals surface area contributed by atoms with Crippen molar-refractivity contribution >= 4 is 11.6 Å². The van der Waals surface area contributed by atoms with E-state index >= 15 is 0 Å². The lowest BCUT2D eigenvalue weighted by Crippen LogP contribution is -2.21. The molecule has 0 bridgehead atoms. The maximum atomic E-state index is 12.3. The molecule has 1 amide bonds. The van der Waals surface area contributed by atoms with Gasteiger partial charge in [0.2, 0.25) is 0 Å². The number of amides is 1. The molecular formula is C17H21N3O. The molecule has 0 aliphatic rings. The average Bonchev–Trinajstić information content (AvgIpc) is 2.48. The van der Waals surface area contributed by atoms with Gasteiger partial charge in [-0.05, 0) is 44.2 Å². The zero-order chi connectivity index (χ0) is 15.2. The number of nitrogens with zero attached hydrogens (tertiary/aromatic N) is 1. The Bertz CT molecular complexity index is 625. The zero-order valence-electron chi connectivity index (χ0n) is 12.7. The van der Waals surface area contributed by atoms with Gasteiger partial charge < -0.3 is 10.6 Å². The van der Waals surface area contributed by atoms with Crippen molar-refractivity contribution in [3.05, 3.63) is 59.4 Å². The number of aryl methyl sites for hydroxylation is 1. The minimum absolute atomic E-state index is 0.178. The molecule has 21 heavy (non-hydrogen) atoms. The lowest BCUT2D eigenvalue weighted by Gasteiger charge is -2.17. The number of para-hydroxylation sites is 1. The summed E-state index contributed by atoms with van der Waals surface area (Å²) in [5, 5.41) is 6.31. The van der Waals surface area contributed by atoms with Gasteiger partial charge in [0.1, 0.15) is 5.69 Å². The highest BCUT2D eigenvalue weighted by Gasteiger charge is 2.13. The standard InChI is InChI=1S/C17H21N3O/c1-4-18-13(3)14-9-5-6-10-15(14)20-17(21)16-11-7-8-12(2)19-16/h5-11,13,18H,4H2,1-3H3,(H,20,21). The molecule has 0 saturated heterocycles. The highest BCUT2D eigenvalue weighted by Crippen LogP contribution is 2.22. The molecule has 2 rings (SSSR count). The minimum atomic E-state index is -0.185. The highest BCUT2D eigenvalue weighted by molar-refractivity contribution is 6.03. The summed E-state index contributed by atoms with van der Waals surface area (Å²) in [5.41, 5.74) is 3.15. The molecular weight excluding hydrogens is 262 g/mol. The van der Waals surface area contributed by atoms with Crippen LogP contribution < -0.4 is 10.6 Å². The Morgan fingerprint density at radius 3 is 2.67 bits per heavy atom. The number of hydrogen-bond donors (Lipinski definition) is 2.